The van der Waals surface area contributed by atoms with E-state index < -0.39 is 0 Å². The molecule has 1 unspecified atom stereocenters. The number of para-hydroxylation sites is 1. The second-order valence-electron chi connectivity index (χ2n) is 6.86. The molecular formula is C22H27BrN2O3. The molecule has 1 atom stereocenters. The van der Waals surface area contributed by atoms with E-state index >= 15 is 0 Å². The highest BCUT2D eigenvalue weighted by molar-refractivity contribution is 9.10. The molecule has 0 aromatic heterocycles. The van der Waals surface area contributed by atoms with Gasteiger partial charge in [0.1, 0.15) is 11.5 Å². The van der Waals surface area contributed by atoms with Crippen LogP contribution >= 0.6 is 15.9 Å². The summed E-state index contributed by atoms with van der Waals surface area (Å²) < 4.78 is 12.2. The summed E-state index contributed by atoms with van der Waals surface area (Å²) in [6, 6.07) is 15.8. The number of ether oxygens (including phenoxy) is 2. The fraction of sp³-hybridized carbons (Fsp3) is 0.409. The molecule has 6 heteroatoms. The van der Waals surface area contributed by atoms with E-state index in [1.54, 1.807) is 7.11 Å². The molecular weight excluding hydrogens is 420 g/mol. The number of carbonyl (C=O) groups excluding carboxylic acids is 1. The Morgan fingerprint density at radius 3 is 2.71 bits per heavy atom. The number of carbonyl (C=O) groups is 1. The number of rotatable bonds is 9. The highest BCUT2D eigenvalue weighted by Crippen LogP contribution is 2.31. The van der Waals surface area contributed by atoms with E-state index in [0.717, 1.165) is 34.6 Å². The van der Waals surface area contributed by atoms with E-state index in [4.69, 9.17) is 9.47 Å². The molecule has 5 nitrogen and oxygen atoms in total. The average Bonchev–Trinajstić information content (AvgIpc) is 3.23. The summed E-state index contributed by atoms with van der Waals surface area (Å²) in [7, 11) is 1.69. The maximum atomic E-state index is 12.4. The van der Waals surface area contributed by atoms with Crippen LogP contribution in [0.4, 0.5) is 0 Å². The highest BCUT2D eigenvalue weighted by atomic mass is 79.9. The average molecular weight is 447 g/mol. The number of amides is 1. The Kier molecular flexibility index (Phi) is 7.74. The third kappa shape index (κ3) is 5.72. The SMILES string of the molecule is COc1ccccc1C(CNC(=O)CCOc1cccc(Br)c1)N1CCCC1. The van der Waals surface area contributed by atoms with Crippen molar-refractivity contribution in [1.82, 2.24) is 10.2 Å². The van der Waals surface area contributed by atoms with E-state index in [1.807, 2.05) is 42.5 Å². The van der Waals surface area contributed by atoms with Gasteiger partial charge in [-0.3, -0.25) is 9.69 Å². The van der Waals surface area contributed by atoms with E-state index in [2.05, 4.69) is 32.2 Å². The number of likely N-dealkylation sites (tertiary alicyclic amines) is 1. The Bertz CT molecular complexity index is 778. The van der Waals surface area contributed by atoms with Crippen LogP contribution in [0.25, 0.3) is 0 Å². The molecule has 1 amide bonds. The number of nitrogens with zero attached hydrogens (tertiary/aromatic N) is 1. The van der Waals surface area contributed by atoms with Crippen LogP contribution in [0.2, 0.25) is 0 Å². The van der Waals surface area contributed by atoms with Crippen molar-refractivity contribution in [3.05, 3.63) is 58.6 Å². The van der Waals surface area contributed by atoms with Crippen molar-refractivity contribution in [2.24, 2.45) is 0 Å². The van der Waals surface area contributed by atoms with Crippen LogP contribution < -0.4 is 14.8 Å². The Morgan fingerprint density at radius 1 is 1.18 bits per heavy atom. The number of hydrogen-bond donors (Lipinski definition) is 1. The van der Waals surface area contributed by atoms with Gasteiger partial charge < -0.3 is 14.8 Å². The van der Waals surface area contributed by atoms with Crippen LogP contribution in [-0.4, -0.2) is 44.2 Å². The maximum Gasteiger partial charge on any atom is 0.223 e. The second kappa shape index (κ2) is 10.5. The zero-order chi connectivity index (χ0) is 19.8. The van der Waals surface area contributed by atoms with E-state index in [9.17, 15) is 4.79 Å². The minimum Gasteiger partial charge on any atom is -0.496 e. The molecule has 0 saturated carbocycles. The lowest BCUT2D eigenvalue weighted by molar-refractivity contribution is -0.121. The van der Waals surface area contributed by atoms with Gasteiger partial charge >= 0.3 is 0 Å². The third-order valence-corrected chi connectivity index (χ3v) is 5.46. The predicted octanol–water partition coefficient (Wildman–Crippen LogP) is 4.18. The van der Waals surface area contributed by atoms with Gasteiger partial charge in [0.2, 0.25) is 5.91 Å². The first-order valence-electron chi connectivity index (χ1n) is 9.69. The summed E-state index contributed by atoms with van der Waals surface area (Å²) in [6.07, 6.45) is 2.71. The lowest BCUT2D eigenvalue weighted by Crippen LogP contribution is -2.37. The molecule has 0 aliphatic carbocycles. The zero-order valence-corrected chi connectivity index (χ0v) is 17.8. The van der Waals surface area contributed by atoms with Crippen LogP contribution in [-0.2, 0) is 4.79 Å². The molecule has 1 fully saturated rings. The zero-order valence-electron chi connectivity index (χ0n) is 16.2. The quantitative estimate of drug-likeness (QED) is 0.627. The summed E-state index contributed by atoms with van der Waals surface area (Å²) in [6.45, 7) is 3.01. The van der Waals surface area contributed by atoms with Crippen LogP contribution in [0.5, 0.6) is 11.5 Å². The number of hydrogen-bond acceptors (Lipinski definition) is 4. The van der Waals surface area contributed by atoms with Crippen molar-refractivity contribution in [2.45, 2.75) is 25.3 Å². The first-order chi connectivity index (χ1) is 13.7. The molecule has 3 rings (SSSR count). The van der Waals surface area contributed by atoms with Crippen LogP contribution in [0.3, 0.4) is 0 Å². The molecule has 0 spiro atoms. The van der Waals surface area contributed by atoms with Crippen molar-refractivity contribution in [3.8, 4) is 11.5 Å². The topological polar surface area (TPSA) is 50.8 Å². The second-order valence-corrected chi connectivity index (χ2v) is 7.78. The molecule has 1 saturated heterocycles. The van der Waals surface area contributed by atoms with E-state index in [0.29, 0.717) is 19.6 Å². The number of benzene rings is 2. The number of halogens is 1. The van der Waals surface area contributed by atoms with Crippen molar-refractivity contribution >= 4 is 21.8 Å². The van der Waals surface area contributed by atoms with Gasteiger partial charge in [-0.05, 0) is 50.2 Å². The maximum absolute atomic E-state index is 12.4. The normalized spacial score (nSPS) is 15.2. The molecule has 150 valence electrons. The summed E-state index contributed by atoms with van der Waals surface area (Å²) in [5.41, 5.74) is 1.12. The molecule has 1 heterocycles. The Hall–Kier alpha value is -2.05. The Morgan fingerprint density at radius 2 is 1.96 bits per heavy atom. The molecule has 2 aromatic rings. The summed E-state index contributed by atoms with van der Waals surface area (Å²) in [4.78, 5) is 14.8. The minimum atomic E-state index is -0.00547. The van der Waals surface area contributed by atoms with Crippen molar-refractivity contribution in [2.75, 3.05) is 33.4 Å². The first kappa shape index (κ1) is 20.7. The standard InChI is InChI=1S/C22H27BrN2O3/c1-27-21-10-3-2-9-19(21)20(25-12-4-5-13-25)16-24-22(26)11-14-28-18-8-6-7-17(23)15-18/h2-3,6-10,15,20H,4-5,11-14,16H2,1H3,(H,24,26). The van der Waals surface area contributed by atoms with Gasteiger partial charge in [-0.1, -0.05) is 40.2 Å². The van der Waals surface area contributed by atoms with Crippen LogP contribution in [0, 0.1) is 0 Å². The van der Waals surface area contributed by atoms with Crippen molar-refractivity contribution < 1.29 is 14.3 Å². The first-order valence-corrected chi connectivity index (χ1v) is 10.5. The summed E-state index contributed by atoms with van der Waals surface area (Å²) in [5.74, 6) is 1.62. The smallest absolute Gasteiger partial charge is 0.223 e. The molecule has 0 radical (unpaired) electrons. The largest absolute Gasteiger partial charge is 0.496 e. The van der Waals surface area contributed by atoms with E-state index in [1.165, 1.54) is 12.8 Å². The van der Waals surface area contributed by atoms with Gasteiger partial charge in [-0.25, -0.2) is 0 Å². The molecule has 28 heavy (non-hydrogen) atoms. The third-order valence-electron chi connectivity index (χ3n) is 4.97. The molecule has 1 aliphatic heterocycles. The van der Waals surface area contributed by atoms with E-state index in [-0.39, 0.29) is 11.9 Å². The Labute approximate surface area is 175 Å². The van der Waals surface area contributed by atoms with Gasteiger partial charge in [0, 0.05) is 16.6 Å². The monoisotopic (exact) mass is 446 g/mol. The number of nitrogens with one attached hydrogen (secondary N) is 1. The molecule has 2 aromatic carbocycles. The van der Waals surface area contributed by atoms with Gasteiger partial charge in [-0.15, -0.1) is 0 Å². The van der Waals surface area contributed by atoms with Crippen molar-refractivity contribution in [3.63, 3.8) is 0 Å². The summed E-state index contributed by atoms with van der Waals surface area (Å²) >= 11 is 3.42. The van der Waals surface area contributed by atoms with Crippen LogP contribution in [0.1, 0.15) is 30.9 Å². The lowest BCUT2D eigenvalue weighted by Gasteiger charge is -2.29. The molecule has 1 aliphatic rings. The van der Waals surface area contributed by atoms with Crippen LogP contribution in [0.15, 0.2) is 53.0 Å². The summed E-state index contributed by atoms with van der Waals surface area (Å²) in [5, 5.41) is 3.08. The highest BCUT2D eigenvalue weighted by Gasteiger charge is 2.26. The lowest BCUT2D eigenvalue weighted by atomic mass is 10.0. The number of methoxy groups -OCH3 is 1. The van der Waals surface area contributed by atoms with Gasteiger partial charge in [0.25, 0.3) is 0 Å². The Balaban J connectivity index is 1.55. The minimum absolute atomic E-state index is 0.00547. The predicted molar refractivity (Wildman–Crippen MR) is 114 cm³/mol. The van der Waals surface area contributed by atoms with Gasteiger partial charge in [-0.2, -0.15) is 0 Å². The molecule has 0 bridgehead atoms. The fourth-order valence-electron chi connectivity index (χ4n) is 3.55. The van der Waals surface area contributed by atoms with Crippen molar-refractivity contribution in [1.29, 1.82) is 0 Å². The fourth-order valence-corrected chi connectivity index (χ4v) is 3.93. The van der Waals surface area contributed by atoms with Gasteiger partial charge in [0.15, 0.2) is 0 Å². The molecule has 1 N–H and O–H groups in total. The van der Waals surface area contributed by atoms with Gasteiger partial charge in [0.05, 0.1) is 26.2 Å².